The summed E-state index contributed by atoms with van der Waals surface area (Å²) in [6.07, 6.45) is 4.47. The van der Waals surface area contributed by atoms with Gasteiger partial charge in [0.2, 0.25) is 5.88 Å². The number of furan rings is 1. The topological polar surface area (TPSA) is 55.6 Å². The Bertz CT molecular complexity index is 932. The molecule has 0 atom stereocenters. The van der Waals surface area contributed by atoms with Gasteiger partial charge in [0.05, 0.1) is 24.6 Å². The predicted octanol–water partition coefficient (Wildman–Crippen LogP) is 4.17. The van der Waals surface area contributed by atoms with Crippen molar-refractivity contribution in [3.05, 3.63) is 72.4 Å². The third-order valence-corrected chi connectivity index (χ3v) is 3.80. The van der Waals surface area contributed by atoms with Gasteiger partial charge in [-0.05, 0) is 36.4 Å². The standard InChI is InChI=1S/C20H17FN2O3/c1-23(14-7-11-19(25-2)22-13-14)20(24)12-9-15-8-10-18(26-15)16-5-3-4-6-17(16)21/h3-13H,1-2H3. The number of carbonyl (C=O) groups excluding carboxylic acids is 1. The van der Waals surface area contributed by atoms with Gasteiger partial charge in [-0.15, -0.1) is 0 Å². The first-order chi connectivity index (χ1) is 12.6. The quantitative estimate of drug-likeness (QED) is 0.647. The number of amides is 1. The highest BCUT2D eigenvalue weighted by Crippen LogP contribution is 2.25. The second-order valence-electron chi connectivity index (χ2n) is 5.47. The SMILES string of the molecule is COc1ccc(N(C)C(=O)C=Cc2ccc(-c3ccccc3F)o2)cn1. The van der Waals surface area contributed by atoms with E-state index < -0.39 is 0 Å². The average Bonchev–Trinajstić information content (AvgIpc) is 3.14. The Labute approximate surface area is 150 Å². The van der Waals surface area contributed by atoms with Crippen LogP contribution in [0.3, 0.4) is 0 Å². The number of benzene rings is 1. The van der Waals surface area contributed by atoms with E-state index in [-0.39, 0.29) is 11.7 Å². The maximum absolute atomic E-state index is 13.8. The molecule has 0 bridgehead atoms. The number of rotatable bonds is 5. The lowest BCUT2D eigenvalue weighted by atomic mass is 10.1. The maximum Gasteiger partial charge on any atom is 0.250 e. The Morgan fingerprint density at radius 2 is 2.00 bits per heavy atom. The highest BCUT2D eigenvalue weighted by Gasteiger charge is 2.10. The van der Waals surface area contributed by atoms with E-state index in [1.54, 1.807) is 61.8 Å². The molecule has 0 saturated heterocycles. The normalized spacial score (nSPS) is 10.9. The van der Waals surface area contributed by atoms with Crippen molar-refractivity contribution >= 4 is 17.7 Å². The van der Waals surface area contributed by atoms with Crippen molar-refractivity contribution in [1.82, 2.24) is 4.98 Å². The second-order valence-corrected chi connectivity index (χ2v) is 5.47. The summed E-state index contributed by atoms with van der Waals surface area (Å²) >= 11 is 0. The van der Waals surface area contributed by atoms with Crippen molar-refractivity contribution in [3.63, 3.8) is 0 Å². The molecule has 5 nitrogen and oxygen atoms in total. The Kier molecular flexibility index (Phi) is 5.12. The Morgan fingerprint density at radius 3 is 2.69 bits per heavy atom. The third kappa shape index (κ3) is 3.80. The largest absolute Gasteiger partial charge is 0.481 e. The molecule has 0 unspecified atom stereocenters. The molecule has 6 heteroatoms. The molecule has 26 heavy (non-hydrogen) atoms. The van der Waals surface area contributed by atoms with Crippen LogP contribution in [-0.2, 0) is 4.79 Å². The monoisotopic (exact) mass is 352 g/mol. The molecule has 3 rings (SSSR count). The molecular formula is C20H17FN2O3. The van der Waals surface area contributed by atoms with Crippen molar-refractivity contribution in [2.24, 2.45) is 0 Å². The van der Waals surface area contributed by atoms with Gasteiger partial charge in [0.1, 0.15) is 17.3 Å². The maximum atomic E-state index is 13.8. The van der Waals surface area contributed by atoms with E-state index in [2.05, 4.69) is 4.98 Å². The number of halogens is 1. The summed E-state index contributed by atoms with van der Waals surface area (Å²) in [4.78, 5) is 17.8. The average molecular weight is 352 g/mol. The molecule has 0 aliphatic carbocycles. The summed E-state index contributed by atoms with van der Waals surface area (Å²) in [5.74, 6) is 0.725. The van der Waals surface area contributed by atoms with Crippen LogP contribution in [0.15, 0.2) is 65.2 Å². The Morgan fingerprint density at radius 1 is 1.19 bits per heavy atom. The Hall–Kier alpha value is -3.41. The van der Waals surface area contributed by atoms with Gasteiger partial charge in [-0.1, -0.05) is 12.1 Å². The summed E-state index contributed by atoms with van der Waals surface area (Å²) < 4.78 is 24.4. The van der Waals surface area contributed by atoms with E-state index in [4.69, 9.17) is 9.15 Å². The fraction of sp³-hybridized carbons (Fsp3) is 0.100. The molecule has 0 aliphatic heterocycles. The van der Waals surface area contributed by atoms with Crippen LogP contribution in [0.4, 0.5) is 10.1 Å². The van der Waals surface area contributed by atoms with Gasteiger partial charge in [-0.2, -0.15) is 0 Å². The molecule has 0 aliphatic rings. The summed E-state index contributed by atoms with van der Waals surface area (Å²) in [5, 5.41) is 0. The summed E-state index contributed by atoms with van der Waals surface area (Å²) in [7, 11) is 3.17. The van der Waals surface area contributed by atoms with Crippen LogP contribution in [-0.4, -0.2) is 25.0 Å². The first kappa shape index (κ1) is 17.4. The van der Waals surface area contributed by atoms with E-state index in [0.717, 1.165) is 0 Å². The van der Waals surface area contributed by atoms with Crippen LogP contribution in [0.2, 0.25) is 0 Å². The molecule has 3 aromatic rings. The second kappa shape index (κ2) is 7.65. The smallest absolute Gasteiger partial charge is 0.250 e. The minimum atomic E-state index is -0.361. The van der Waals surface area contributed by atoms with E-state index in [9.17, 15) is 9.18 Å². The van der Waals surface area contributed by atoms with Gasteiger partial charge in [0, 0.05) is 19.2 Å². The Balaban J connectivity index is 1.71. The molecule has 0 saturated carbocycles. The first-order valence-electron chi connectivity index (χ1n) is 7.89. The summed E-state index contributed by atoms with van der Waals surface area (Å²) in [6, 6.07) is 13.1. The van der Waals surface area contributed by atoms with Crippen molar-refractivity contribution in [2.75, 3.05) is 19.1 Å². The predicted molar refractivity (Wildman–Crippen MR) is 97.3 cm³/mol. The zero-order chi connectivity index (χ0) is 18.5. The van der Waals surface area contributed by atoms with Crippen LogP contribution < -0.4 is 9.64 Å². The van der Waals surface area contributed by atoms with Crippen molar-refractivity contribution in [3.8, 4) is 17.2 Å². The molecular weight excluding hydrogens is 335 g/mol. The zero-order valence-corrected chi connectivity index (χ0v) is 14.3. The van der Waals surface area contributed by atoms with Crippen molar-refractivity contribution in [2.45, 2.75) is 0 Å². The van der Waals surface area contributed by atoms with Gasteiger partial charge in [0.15, 0.2) is 0 Å². The van der Waals surface area contributed by atoms with E-state index >= 15 is 0 Å². The third-order valence-electron chi connectivity index (χ3n) is 3.80. The number of aromatic nitrogens is 1. The number of hydrogen-bond acceptors (Lipinski definition) is 4. The lowest BCUT2D eigenvalue weighted by molar-refractivity contribution is -0.113. The summed E-state index contributed by atoms with van der Waals surface area (Å²) in [6.45, 7) is 0. The van der Waals surface area contributed by atoms with Crippen LogP contribution in [0, 0.1) is 5.82 Å². The fourth-order valence-corrected chi connectivity index (χ4v) is 2.33. The summed E-state index contributed by atoms with van der Waals surface area (Å²) in [5.41, 5.74) is 1.01. The number of likely N-dealkylation sites (N-methyl/N-ethyl adjacent to an activating group) is 1. The molecule has 0 spiro atoms. The lowest BCUT2D eigenvalue weighted by Gasteiger charge is -2.14. The fourth-order valence-electron chi connectivity index (χ4n) is 2.33. The molecule has 1 amide bonds. The van der Waals surface area contributed by atoms with Crippen LogP contribution >= 0.6 is 0 Å². The van der Waals surface area contributed by atoms with Gasteiger partial charge in [-0.3, -0.25) is 4.79 Å². The molecule has 0 N–H and O–H groups in total. The number of carbonyl (C=O) groups is 1. The number of pyridine rings is 1. The molecule has 2 aromatic heterocycles. The minimum absolute atomic E-state index is 0.249. The number of anilines is 1. The zero-order valence-electron chi connectivity index (χ0n) is 14.3. The number of ether oxygens (including phenoxy) is 1. The van der Waals surface area contributed by atoms with E-state index in [1.807, 2.05) is 0 Å². The molecule has 132 valence electrons. The molecule has 1 aromatic carbocycles. The number of nitrogens with zero attached hydrogens (tertiary/aromatic N) is 2. The van der Waals surface area contributed by atoms with Crippen LogP contribution in [0.5, 0.6) is 5.88 Å². The number of hydrogen-bond donors (Lipinski definition) is 0. The van der Waals surface area contributed by atoms with Crippen LogP contribution in [0.1, 0.15) is 5.76 Å². The molecule has 0 radical (unpaired) electrons. The van der Waals surface area contributed by atoms with Gasteiger partial charge in [0.25, 0.3) is 5.91 Å². The highest BCUT2D eigenvalue weighted by molar-refractivity contribution is 6.03. The van der Waals surface area contributed by atoms with Gasteiger partial charge in [-0.25, -0.2) is 9.37 Å². The molecule has 2 heterocycles. The van der Waals surface area contributed by atoms with E-state index in [0.29, 0.717) is 28.7 Å². The van der Waals surface area contributed by atoms with Gasteiger partial charge >= 0.3 is 0 Å². The first-order valence-corrected chi connectivity index (χ1v) is 7.89. The van der Waals surface area contributed by atoms with Gasteiger partial charge < -0.3 is 14.1 Å². The van der Waals surface area contributed by atoms with Crippen molar-refractivity contribution in [1.29, 1.82) is 0 Å². The number of methoxy groups -OCH3 is 1. The van der Waals surface area contributed by atoms with Crippen molar-refractivity contribution < 1.29 is 18.3 Å². The highest BCUT2D eigenvalue weighted by atomic mass is 19.1. The minimum Gasteiger partial charge on any atom is -0.481 e. The lowest BCUT2D eigenvalue weighted by Crippen LogP contribution is -2.23. The van der Waals surface area contributed by atoms with E-state index in [1.165, 1.54) is 24.2 Å². The van der Waals surface area contributed by atoms with Crippen LogP contribution in [0.25, 0.3) is 17.4 Å². The molecule has 0 fully saturated rings.